The van der Waals surface area contributed by atoms with Crippen molar-refractivity contribution in [3.63, 3.8) is 0 Å². The van der Waals surface area contributed by atoms with E-state index in [4.69, 9.17) is 9.47 Å². The number of hydrogen-bond acceptors (Lipinski definition) is 5. The highest BCUT2D eigenvalue weighted by atomic mass is 19.1. The van der Waals surface area contributed by atoms with Crippen LogP contribution in [0.2, 0.25) is 0 Å². The molecule has 0 fully saturated rings. The van der Waals surface area contributed by atoms with Crippen molar-refractivity contribution < 1.29 is 23.5 Å². The predicted molar refractivity (Wildman–Crippen MR) is 120 cm³/mol. The van der Waals surface area contributed by atoms with E-state index in [0.717, 1.165) is 12.8 Å². The lowest BCUT2D eigenvalue weighted by atomic mass is 10.2. The third-order valence-corrected chi connectivity index (χ3v) is 4.43. The Bertz CT molecular complexity index is 1060. The molecule has 3 aromatic rings. The van der Waals surface area contributed by atoms with E-state index in [1.54, 1.807) is 48.5 Å². The fourth-order valence-corrected chi connectivity index (χ4v) is 2.64. The normalized spacial score (nSPS) is 10.7. The number of benzene rings is 3. The summed E-state index contributed by atoms with van der Waals surface area (Å²) in [6.45, 7) is 2.74. The third kappa shape index (κ3) is 6.77. The van der Waals surface area contributed by atoms with Crippen LogP contribution in [0, 0.1) is 5.82 Å². The fraction of sp³-hybridized carbons (Fsp3) is 0.160. The number of carbonyl (C=O) groups excluding carboxylic acids is 2. The molecule has 32 heavy (non-hydrogen) atoms. The van der Waals surface area contributed by atoms with Crippen molar-refractivity contribution in [2.24, 2.45) is 5.10 Å². The quantitative estimate of drug-likeness (QED) is 0.169. The van der Waals surface area contributed by atoms with E-state index in [9.17, 15) is 14.0 Å². The van der Waals surface area contributed by atoms with Crippen molar-refractivity contribution in [2.75, 3.05) is 6.61 Å². The summed E-state index contributed by atoms with van der Waals surface area (Å²) in [5.41, 5.74) is 3.78. The number of unbranched alkanes of at least 4 members (excludes halogenated alkanes) is 1. The molecule has 0 radical (unpaired) electrons. The van der Waals surface area contributed by atoms with E-state index in [-0.39, 0.29) is 0 Å². The Hall–Kier alpha value is -4.00. The Balaban J connectivity index is 1.50. The van der Waals surface area contributed by atoms with Crippen molar-refractivity contribution in [3.8, 4) is 11.5 Å². The molecular weight excluding hydrogens is 411 g/mol. The van der Waals surface area contributed by atoms with E-state index in [0.29, 0.717) is 34.8 Å². The van der Waals surface area contributed by atoms with Gasteiger partial charge in [-0.25, -0.2) is 14.6 Å². The van der Waals surface area contributed by atoms with Gasteiger partial charge in [0.1, 0.15) is 17.3 Å². The molecule has 164 valence electrons. The van der Waals surface area contributed by atoms with Crippen LogP contribution in [-0.2, 0) is 0 Å². The smallest absolute Gasteiger partial charge is 0.343 e. The Kier molecular flexibility index (Phi) is 8.09. The first-order valence-electron chi connectivity index (χ1n) is 10.2. The molecule has 7 heteroatoms. The van der Waals surface area contributed by atoms with Crippen LogP contribution in [0.15, 0.2) is 77.9 Å². The van der Waals surface area contributed by atoms with Crippen LogP contribution >= 0.6 is 0 Å². The molecule has 0 aliphatic carbocycles. The number of amides is 1. The van der Waals surface area contributed by atoms with Crippen molar-refractivity contribution in [1.29, 1.82) is 0 Å². The van der Waals surface area contributed by atoms with Gasteiger partial charge in [0.25, 0.3) is 5.91 Å². The van der Waals surface area contributed by atoms with Gasteiger partial charge in [-0.2, -0.15) is 5.10 Å². The van der Waals surface area contributed by atoms with E-state index in [2.05, 4.69) is 17.5 Å². The zero-order chi connectivity index (χ0) is 22.8. The molecule has 0 heterocycles. The van der Waals surface area contributed by atoms with Gasteiger partial charge in [-0.15, -0.1) is 0 Å². The summed E-state index contributed by atoms with van der Waals surface area (Å²) < 4.78 is 23.9. The molecule has 0 aliphatic rings. The summed E-state index contributed by atoms with van der Waals surface area (Å²) in [4.78, 5) is 24.2. The molecular formula is C25H23FN2O4. The zero-order valence-corrected chi connectivity index (χ0v) is 17.6. The molecule has 0 bridgehead atoms. The first-order valence-corrected chi connectivity index (χ1v) is 10.2. The number of carbonyl (C=O) groups is 2. The minimum Gasteiger partial charge on any atom is -0.494 e. The highest BCUT2D eigenvalue weighted by Crippen LogP contribution is 2.16. The summed E-state index contributed by atoms with van der Waals surface area (Å²) in [5, 5.41) is 3.88. The lowest BCUT2D eigenvalue weighted by molar-refractivity contribution is 0.0734. The number of nitrogens with one attached hydrogen (secondary N) is 1. The van der Waals surface area contributed by atoms with Crippen LogP contribution in [0.5, 0.6) is 11.5 Å². The van der Waals surface area contributed by atoms with Crippen LogP contribution < -0.4 is 14.9 Å². The van der Waals surface area contributed by atoms with Gasteiger partial charge >= 0.3 is 5.97 Å². The molecule has 0 saturated carbocycles. The molecule has 6 nitrogen and oxygen atoms in total. The van der Waals surface area contributed by atoms with E-state index in [1.807, 2.05) is 0 Å². The molecule has 0 aromatic heterocycles. The number of halogens is 1. The van der Waals surface area contributed by atoms with Gasteiger partial charge in [-0.3, -0.25) is 4.79 Å². The van der Waals surface area contributed by atoms with Gasteiger partial charge < -0.3 is 9.47 Å². The first kappa shape index (κ1) is 22.7. The minimum absolute atomic E-state index is 0.298. The summed E-state index contributed by atoms with van der Waals surface area (Å²) >= 11 is 0. The summed E-state index contributed by atoms with van der Waals surface area (Å²) in [7, 11) is 0. The van der Waals surface area contributed by atoms with Crippen LogP contribution in [0.3, 0.4) is 0 Å². The van der Waals surface area contributed by atoms with Crippen LogP contribution in [-0.4, -0.2) is 24.7 Å². The minimum atomic E-state index is -0.474. The molecule has 1 N–H and O–H groups in total. The van der Waals surface area contributed by atoms with E-state index >= 15 is 0 Å². The summed E-state index contributed by atoms with van der Waals surface area (Å²) in [6.07, 6.45) is 3.48. The van der Waals surface area contributed by atoms with Gasteiger partial charge in [0, 0.05) is 5.56 Å². The monoisotopic (exact) mass is 434 g/mol. The van der Waals surface area contributed by atoms with Gasteiger partial charge in [0.15, 0.2) is 0 Å². The third-order valence-electron chi connectivity index (χ3n) is 4.43. The Morgan fingerprint density at radius 2 is 1.53 bits per heavy atom. The fourth-order valence-electron chi connectivity index (χ4n) is 2.64. The maximum absolute atomic E-state index is 12.9. The number of nitrogens with zero attached hydrogens (tertiary/aromatic N) is 1. The van der Waals surface area contributed by atoms with Crippen molar-refractivity contribution >= 4 is 18.1 Å². The van der Waals surface area contributed by atoms with Gasteiger partial charge in [0.2, 0.25) is 0 Å². The van der Waals surface area contributed by atoms with Crippen molar-refractivity contribution in [1.82, 2.24) is 5.43 Å². The molecule has 0 unspecified atom stereocenters. The predicted octanol–water partition coefficient (Wildman–Crippen LogP) is 4.99. The van der Waals surface area contributed by atoms with Gasteiger partial charge in [0.05, 0.1) is 18.4 Å². The highest BCUT2D eigenvalue weighted by Gasteiger charge is 2.09. The first-order chi connectivity index (χ1) is 15.5. The average molecular weight is 434 g/mol. The molecule has 1 amide bonds. The Morgan fingerprint density at radius 1 is 0.906 bits per heavy atom. The standard InChI is InChI=1S/C25H23FN2O4/c1-2-3-16-31-22-14-8-20(9-15-22)25(30)32-23-12-4-18(5-13-23)17-27-28-24(29)19-6-10-21(26)11-7-19/h4-15,17H,2-3,16H2,1H3,(H,28,29). The zero-order valence-electron chi connectivity index (χ0n) is 17.6. The number of hydrogen-bond donors (Lipinski definition) is 1. The van der Waals surface area contributed by atoms with E-state index in [1.165, 1.54) is 30.5 Å². The second-order valence-corrected chi connectivity index (χ2v) is 6.89. The number of ether oxygens (including phenoxy) is 2. The van der Waals surface area contributed by atoms with Crippen LogP contribution in [0.25, 0.3) is 0 Å². The lowest BCUT2D eigenvalue weighted by Crippen LogP contribution is -2.17. The topological polar surface area (TPSA) is 77.0 Å². The van der Waals surface area contributed by atoms with Crippen LogP contribution in [0.1, 0.15) is 46.0 Å². The Morgan fingerprint density at radius 3 is 2.19 bits per heavy atom. The van der Waals surface area contributed by atoms with Crippen molar-refractivity contribution in [2.45, 2.75) is 19.8 Å². The maximum Gasteiger partial charge on any atom is 0.343 e. The molecule has 0 atom stereocenters. The molecule has 0 spiro atoms. The number of hydrazone groups is 1. The highest BCUT2D eigenvalue weighted by molar-refractivity contribution is 5.95. The van der Waals surface area contributed by atoms with Gasteiger partial charge in [-0.1, -0.05) is 13.3 Å². The SMILES string of the molecule is CCCCOc1ccc(C(=O)Oc2ccc(C=NNC(=O)c3ccc(F)cc3)cc2)cc1. The van der Waals surface area contributed by atoms with E-state index < -0.39 is 17.7 Å². The van der Waals surface area contributed by atoms with Crippen LogP contribution in [0.4, 0.5) is 4.39 Å². The molecule has 3 aromatic carbocycles. The molecule has 0 aliphatic heterocycles. The summed E-state index contributed by atoms with van der Waals surface area (Å²) in [6, 6.07) is 18.6. The van der Waals surface area contributed by atoms with Gasteiger partial charge in [-0.05, 0) is 84.8 Å². The molecule has 0 saturated heterocycles. The number of rotatable bonds is 9. The maximum atomic E-state index is 12.9. The largest absolute Gasteiger partial charge is 0.494 e. The molecule has 3 rings (SSSR count). The summed E-state index contributed by atoms with van der Waals surface area (Å²) in [5.74, 6) is -0.248. The Labute approximate surface area is 185 Å². The number of esters is 1. The second kappa shape index (κ2) is 11.4. The van der Waals surface area contributed by atoms with Crippen molar-refractivity contribution in [3.05, 3.63) is 95.3 Å². The average Bonchev–Trinajstić information content (AvgIpc) is 2.81. The second-order valence-electron chi connectivity index (χ2n) is 6.89. The lowest BCUT2D eigenvalue weighted by Gasteiger charge is -2.07.